The third kappa shape index (κ3) is 2.87. The Morgan fingerprint density at radius 3 is 2.85 bits per heavy atom. The second kappa shape index (κ2) is 5.08. The predicted octanol–water partition coefficient (Wildman–Crippen LogP) is -0.927. The SMILES string of the molecule is CC(NC(=O)C1=CC=CN2CCS(=O)(=O)N=C12)C(=O)O. The molecule has 0 aromatic rings. The molecule has 0 saturated heterocycles. The summed E-state index contributed by atoms with van der Waals surface area (Å²) in [4.78, 5) is 24.3. The summed E-state index contributed by atoms with van der Waals surface area (Å²) >= 11 is 0. The first-order valence-corrected chi connectivity index (χ1v) is 7.43. The molecule has 0 aromatic heterocycles. The number of carboxylic acids is 1. The van der Waals surface area contributed by atoms with E-state index in [2.05, 4.69) is 9.71 Å². The number of hydrogen-bond acceptors (Lipinski definition) is 5. The number of nitrogens with one attached hydrogen (secondary N) is 1. The average molecular weight is 299 g/mol. The highest BCUT2D eigenvalue weighted by Crippen LogP contribution is 2.17. The number of aliphatic carboxylic acids is 1. The molecule has 8 nitrogen and oxygen atoms in total. The van der Waals surface area contributed by atoms with Crippen molar-refractivity contribution in [3.05, 3.63) is 23.9 Å². The van der Waals surface area contributed by atoms with Gasteiger partial charge in [0.25, 0.3) is 15.9 Å². The largest absolute Gasteiger partial charge is 0.480 e. The van der Waals surface area contributed by atoms with E-state index in [1.54, 1.807) is 17.2 Å². The van der Waals surface area contributed by atoms with E-state index in [0.29, 0.717) is 0 Å². The van der Waals surface area contributed by atoms with Crippen molar-refractivity contribution in [2.75, 3.05) is 12.3 Å². The molecule has 0 aromatic carbocycles. The minimum atomic E-state index is -3.59. The van der Waals surface area contributed by atoms with Gasteiger partial charge in [-0.3, -0.25) is 9.59 Å². The standard InChI is InChI=1S/C11H13N3O5S/c1-7(11(16)17)12-10(15)8-3-2-4-14-5-6-20(18,19)13-9(8)14/h2-4,7H,5-6H2,1H3,(H,12,15)(H,16,17). The van der Waals surface area contributed by atoms with Gasteiger partial charge in [0.05, 0.1) is 11.3 Å². The maximum atomic E-state index is 12.0. The van der Waals surface area contributed by atoms with Gasteiger partial charge in [0.1, 0.15) is 6.04 Å². The molecule has 2 N–H and O–H groups in total. The van der Waals surface area contributed by atoms with E-state index >= 15 is 0 Å². The Balaban J connectivity index is 2.29. The van der Waals surface area contributed by atoms with E-state index in [4.69, 9.17) is 5.11 Å². The molecule has 2 heterocycles. The molecule has 0 spiro atoms. The number of carboxylic acid groups (broad SMARTS) is 1. The summed E-state index contributed by atoms with van der Waals surface area (Å²) in [6.45, 7) is 1.52. The van der Waals surface area contributed by atoms with Gasteiger partial charge in [-0.2, -0.15) is 0 Å². The van der Waals surface area contributed by atoms with Crippen LogP contribution in [0.1, 0.15) is 6.92 Å². The van der Waals surface area contributed by atoms with Crippen LogP contribution in [0.4, 0.5) is 0 Å². The molecule has 1 unspecified atom stereocenters. The lowest BCUT2D eigenvalue weighted by Crippen LogP contribution is -2.45. The van der Waals surface area contributed by atoms with Crippen LogP contribution in [-0.2, 0) is 19.6 Å². The normalized spacial score (nSPS) is 21.4. The van der Waals surface area contributed by atoms with Crippen LogP contribution in [0.25, 0.3) is 0 Å². The van der Waals surface area contributed by atoms with Crippen LogP contribution in [0.2, 0.25) is 0 Å². The molecular formula is C11H13N3O5S. The number of rotatable bonds is 3. The number of carbonyl (C=O) groups is 2. The second-order valence-electron chi connectivity index (χ2n) is 4.35. The third-order valence-electron chi connectivity index (χ3n) is 2.82. The minimum Gasteiger partial charge on any atom is -0.480 e. The van der Waals surface area contributed by atoms with Gasteiger partial charge < -0.3 is 15.3 Å². The van der Waals surface area contributed by atoms with E-state index in [1.165, 1.54) is 13.0 Å². The topological polar surface area (TPSA) is 116 Å². The zero-order valence-corrected chi connectivity index (χ0v) is 11.4. The quantitative estimate of drug-likeness (QED) is 0.695. The summed E-state index contributed by atoms with van der Waals surface area (Å²) in [5.41, 5.74) is 0.0314. The summed E-state index contributed by atoms with van der Waals surface area (Å²) in [5.74, 6) is -1.96. The Kier molecular flexibility index (Phi) is 3.62. The molecule has 108 valence electrons. The molecule has 0 saturated carbocycles. The summed E-state index contributed by atoms with van der Waals surface area (Å²) in [6.07, 6.45) is 4.60. The number of amidine groups is 1. The van der Waals surface area contributed by atoms with Crippen molar-refractivity contribution in [2.45, 2.75) is 13.0 Å². The third-order valence-corrected chi connectivity index (χ3v) is 3.97. The maximum absolute atomic E-state index is 12.0. The monoisotopic (exact) mass is 299 g/mol. The van der Waals surface area contributed by atoms with Gasteiger partial charge in [0.2, 0.25) is 0 Å². The van der Waals surface area contributed by atoms with E-state index in [0.717, 1.165) is 0 Å². The second-order valence-corrected chi connectivity index (χ2v) is 6.10. The van der Waals surface area contributed by atoms with Gasteiger partial charge >= 0.3 is 5.97 Å². The van der Waals surface area contributed by atoms with E-state index in [9.17, 15) is 18.0 Å². The van der Waals surface area contributed by atoms with Crippen LogP contribution in [0.3, 0.4) is 0 Å². The molecule has 0 bridgehead atoms. The van der Waals surface area contributed by atoms with Gasteiger partial charge in [-0.15, -0.1) is 4.40 Å². The number of carbonyl (C=O) groups excluding carboxylic acids is 1. The molecule has 0 aliphatic carbocycles. The first-order chi connectivity index (χ1) is 9.30. The molecule has 1 atom stereocenters. The van der Waals surface area contributed by atoms with Gasteiger partial charge in [-0.25, -0.2) is 8.42 Å². The lowest BCUT2D eigenvalue weighted by Gasteiger charge is -2.28. The van der Waals surface area contributed by atoms with Crippen molar-refractivity contribution >= 4 is 27.7 Å². The summed E-state index contributed by atoms with van der Waals surface area (Å²) < 4.78 is 26.6. The molecule has 0 fully saturated rings. The Morgan fingerprint density at radius 1 is 1.50 bits per heavy atom. The van der Waals surface area contributed by atoms with Crippen LogP contribution in [-0.4, -0.2) is 54.5 Å². The van der Waals surface area contributed by atoms with Crippen LogP contribution in [0, 0.1) is 0 Å². The lowest BCUT2D eigenvalue weighted by molar-refractivity contribution is -0.140. The minimum absolute atomic E-state index is 0.0221. The Hall–Kier alpha value is -2.16. The molecule has 9 heteroatoms. The van der Waals surface area contributed by atoms with Crippen molar-refractivity contribution in [1.82, 2.24) is 10.2 Å². The molecule has 2 aliphatic rings. The summed E-state index contributed by atoms with van der Waals surface area (Å²) in [7, 11) is -3.59. The first kappa shape index (κ1) is 14.3. The van der Waals surface area contributed by atoms with Gasteiger partial charge in [-0.05, 0) is 19.1 Å². The summed E-state index contributed by atoms with van der Waals surface area (Å²) in [6, 6.07) is -1.08. The molecule has 0 radical (unpaired) electrons. The molecule has 2 aliphatic heterocycles. The highest BCUT2D eigenvalue weighted by atomic mass is 32.2. The number of amides is 1. The number of sulfonamides is 1. The van der Waals surface area contributed by atoms with Crippen molar-refractivity contribution in [3.8, 4) is 0 Å². The Morgan fingerprint density at radius 2 is 2.20 bits per heavy atom. The Bertz CT molecular complexity index is 647. The van der Waals surface area contributed by atoms with Crippen molar-refractivity contribution in [2.24, 2.45) is 4.40 Å². The van der Waals surface area contributed by atoms with Crippen molar-refractivity contribution in [1.29, 1.82) is 0 Å². The maximum Gasteiger partial charge on any atom is 0.325 e. The smallest absolute Gasteiger partial charge is 0.325 e. The highest BCUT2D eigenvalue weighted by molar-refractivity contribution is 7.90. The zero-order chi connectivity index (χ0) is 14.9. The fraction of sp³-hybridized carbons (Fsp3) is 0.364. The van der Waals surface area contributed by atoms with Crippen molar-refractivity contribution in [3.63, 3.8) is 0 Å². The molecule has 20 heavy (non-hydrogen) atoms. The van der Waals surface area contributed by atoms with E-state index in [1.807, 2.05) is 0 Å². The van der Waals surface area contributed by atoms with Crippen LogP contribution >= 0.6 is 0 Å². The number of allylic oxidation sites excluding steroid dienone is 2. The first-order valence-electron chi connectivity index (χ1n) is 5.82. The fourth-order valence-corrected chi connectivity index (χ4v) is 2.71. The summed E-state index contributed by atoms with van der Waals surface area (Å²) in [5, 5.41) is 11.0. The number of nitrogens with zero attached hydrogens (tertiary/aromatic N) is 2. The molecule has 2 rings (SSSR count). The molecule has 1 amide bonds. The highest BCUT2D eigenvalue weighted by Gasteiger charge is 2.30. The number of hydrogen-bond donors (Lipinski definition) is 2. The Labute approximate surface area is 115 Å². The predicted molar refractivity (Wildman–Crippen MR) is 70.4 cm³/mol. The van der Waals surface area contributed by atoms with Crippen molar-refractivity contribution < 1.29 is 23.1 Å². The lowest BCUT2D eigenvalue weighted by atomic mass is 10.1. The zero-order valence-electron chi connectivity index (χ0n) is 10.6. The van der Waals surface area contributed by atoms with Gasteiger partial charge in [-0.1, -0.05) is 0 Å². The van der Waals surface area contributed by atoms with Gasteiger partial charge in [0, 0.05) is 12.7 Å². The van der Waals surface area contributed by atoms with Crippen LogP contribution in [0.15, 0.2) is 28.3 Å². The number of fused-ring (bicyclic) bond motifs is 1. The van der Waals surface area contributed by atoms with E-state index < -0.39 is 27.9 Å². The average Bonchev–Trinajstić information content (AvgIpc) is 2.36. The van der Waals surface area contributed by atoms with Crippen LogP contribution < -0.4 is 5.32 Å². The van der Waals surface area contributed by atoms with Gasteiger partial charge in [0.15, 0.2) is 5.84 Å². The fourth-order valence-electron chi connectivity index (χ4n) is 1.73. The molecular weight excluding hydrogens is 286 g/mol. The van der Waals surface area contributed by atoms with E-state index in [-0.39, 0.29) is 23.7 Å². The van der Waals surface area contributed by atoms with Crippen LogP contribution in [0.5, 0.6) is 0 Å².